The van der Waals surface area contributed by atoms with Crippen LogP contribution in [0.25, 0.3) is 0 Å². The quantitative estimate of drug-likeness (QED) is 0.378. The first-order chi connectivity index (χ1) is 13.2. The van der Waals surface area contributed by atoms with Gasteiger partial charge in [0.15, 0.2) is 6.29 Å². The SMILES string of the molecule is CCCCCCCCCCCCO[C@H]1C[C@@H](O)C[C@@H](C(=O)NCCCC)O1. The van der Waals surface area contributed by atoms with Gasteiger partial charge in [-0.05, 0) is 12.8 Å². The minimum Gasteiger partial charge on any atom is -0.393 e. The maximum Gasteiger partial charge on any atom is 0.249 e. The summed E-state index contributed by atoms with van der Waals surface area (Å²) in [7, 11) is 0. The van der Waals surface area contributed by atoms with Crippen molar-refractivity contribution in [3.8, 4) is 0 Å². The molecule has 0 radical (unpaired) electrons. The second kappa shape index (κ2) is 16.3. The largest absolute Gasteiger partial charge is 0.393 e. The van der Waals surface area contributed by atoms with Gasteiger partial charge in [-0.1, -0.05) is 78.1 Å². The zero-order chi connectivity index (χ0) is 19.7. The van der Waals surface area contributed by atoms with E-state index in [1.54, 1.807) is 0 Å². The number of carbonyl (C=O) groups is 1. The van der Waals surface area contributed by atoms with Crippen LogP contribution < -0.4 is 5.32 Å². The van der Waals surface area contributed by atoms with Gasteiger partial charge in [-0.25, -0.2) is 0 Å². The molecule has 0 aliphatic carbocycles. The molecule has 0 unspecified atom stereocenters. The second-order valence-electron chi connectivity index (χ2n) is 7.88. The average Bonchev–Trinajstić information content (AvgIpc) is 2.66. The number of ether oxygens (including phenoxy) is 2. The summed E-state index contributed by atoms with van der Waals surface area (Å²) >= 11 is 0. The van der Waals surface area contributed by atoms with E-state index < -0.39 is 18.5 Å². The van der Waals surface area contributed by atoms with Crippen LogP contribution in [-0.4, -0.2) is 42.7 Å². The molecule has 160 valence electrons. The highest BCUT2D eigenvalue weighted by Gasteiger charge is 2.33. The van der Waals surface area contributed by atoms with Crippen LogP contribution in [0.5, 0.6) is 0 Å². The van der Waals surface area contributed by atoms with Gasteiger partial charge in [-0.3, -0.25) is 4.79 Å². The van der Waals surface area contributed by atoms with Gasteiger partial charge in [-0.15, -0.1) is 0 Å². The molecule has 0 saturated carbocycles. The molecule has 0 aromatic carbocycles. The number of hydrogen-bond donors (Lipinski definition) is 2. The van der Waals surface area contributed by atoms with E-state index in [9.17, 15) is 9.90 Å². The molecule has 1 heterocycles. The molecule has 1 aliphatic rings. The molecular weight excluding hydrogens is 342 g/mol. The Hall–Kier alpha value is -0.650. The van der Waals surface area contributed by atoms with Crippen molar-refractivity contribution in [2.45, 2.75) is 122 Å². The Bertz CT molecular complexity index is 364. The molecule has 0 aromatic rings. The summed E-state index contributed by atoms with van der Waals surface area (Å²) in [6.07, 6.45) is 14.1. The first-order valence-corrected chi connectivity index (χ1v) is 11.4. The predicted molar refractivity (Wildman–Crippen MR) is 110 cm³/mol. The van der Waals surface area contributed by atoms with Crippen LogP contribution in [0.15, 0.2) is 0 Å². The fraction of sp³-hybridized carbons (Fsp3) is 0.955. The molecule has 27 heavy (non-hydrogen) atoms. The lowest BCUT2D eigenvalue weighted by Gasteiger charge is -2.32. The molecule has 5 nitrogen and oxygen atoms in total. The molecule has 1 amide bonds. The molecule has 3 atom stereocenters. The van der Waals surface area contributed by atoms with Gasteiger partial charge in [0.05, 0.1) is 6.10 Å². The molecule has 2 N–H and O–H groups in total. The van der Waals surface area contributed by atoms with Crippen molar-refractivity contribution in [3.05, 3.63) is 0 Å². The minimum absolute atomic E-state index is 0.130. The van der Waals surface area contributed by atoms with Crippen LogP contribution in [0.2, 0.25) is 0 Å². The highest BCUT2D eigenvalue weighted by molar-refractivity contribution is 5.80. The summed E-state index contributed by atoms with van der Waals surface area (Å²) in [5, 5.41) is 12.9. The molecule has 0 bridgehead atoms. The molecule has 1 rings (SSSR count). The van der Waals surface area contributed by atoms with Gasteiger partial charge in [0.1, 0.15) is 6.10 Å². The van der Waals surface area contributed by atoms with E-state index in [0.29, 0.717) is 26.0 Å². The van der Waals surface area contributed by atoms with Crippen molar-refractivity contribution in [1.82, 2.24) is 5.32 Å². The number of amides is 1. The van der Waals surface area contributed by atoms with Gasteiger partial charge in [0, 0.05) is 26.0 Å². The summed E-state index contributed by atoms with van der Waals surface area (Å²) in [4.78, 5) is 12.1. The fourth-order valence-corrected chi connectivity index (χ4v) is 3.44. The number of carbonyl (C=O) groups excluding carboxylic acids is 1. The van der Waals surface area contributed by atoms with Gasteiger partial charge < -0.3 is 19.9 Å². The number of hydrogen-bond acceptors (Lipinski definition) is 4. The zero-order valence-electron chi connectivity index (χ0n) is 17.7. The third-order valence-corrected chi connectivity index (χ3v) is 5.19. The van der Waals surface area contributed by atoms with E-state index in [1.165, 1.54) is 57.8 Å². The van der Waals surface area contributed by atoms with Crippen LogP contribution >= 0.6 is 0 Å². The maximum atomic E-state index is 12.1. The number of aliphatic hydroxyl groups excluding tert-OH is 1. The second-order valence-corrected chi connectivity index (χ2v) is 7.88. The van der Waals surface area contributed by atoms with Crippen molar-refractivity contribution in [2.24, 2.45) is 0 Å². The normalized spacial score (nSPS) is 22.7. The fourth-order valence-electron chi connectivity index (χ4n) is 3.44. The maximum absolute atomic E-state index is 12.1. The lowest BCUT2D eigenvalue weighted by atomic mass is 10.0. The van der Waals surface area contributed by atoms with E-state index in [1.807, 2.05) is 0 Å². The van der Waals surface area contributed by atoms with Crippen LogP contribution in [0.3, 0.4) is 0 Å². The smallest absolute Gasteiger partial charge is 0.249 e. The predicted octanol–water partition coefficient (Wildman–Crippen LogP) is 4.71. The van der Waals surface area contributed by atoms with Crippen molar-refractivity contribution in [1.29, 1.82) is 0 Å². The first kappa shape index (κ1) is 24.4. The van der Waals surface area contributed by atoms with Crippen molar-refractivity contribution >= 4 is 5.91 Å². The Kier molecular flexibility index (Phi) is 14.7. The van der Waals surface area contributed by atoms with Gasteiger partial charge >= 0.3 is 0 Å². The molecule has 1 saturated heterocycles. The van der Waals surface area contributed by atoms with E-state index in [4.69, 9.17) is 9.47 Å². The molecule has 1 fully saturated rings. The van der Waals surface area contributed by atoms with E-state index in [0.717, 1.165) is 19.3 Å². The third-order valence-electron chi connectivity index (χ3n) is 5.19. The molecule has 0 aromatic heterocycles. The van der Waals surface area contributed by atoms with Gasteiger partial charge in [-0.2, -0.15) is 0 Å². The lowest BCUT2D eigenvalue weighted by Crippen LogP contribution is -2.46. The first-order valence-electron chi connectivity index (χ1n) is 11.4. The standard InChI is InChI=1S/C22H43NO4/c1-3-5-7-8-9-10-11-12-13-14-16-26-21-18-19(24)17-20(27-21)22(25)23-15-6-4-2/h19-21,24H,3-18H2,1-2H3,(H,23,25)/t19-,20-,21+/m0/s1. The average molecular weight is 386 g/mol. The molecule has 5 heteroatoms. The highest BCUT2D eigenvalue weighted by Crippen LogP contribution is 2.21. The van der Waals surface area contributed by atoms with Gasteiger partial charge in [0.25, 0.3) is 0 Å². The van der Waals surface area contributed by atoms with Crippen molar-refractivity contribution < 1.29 is 19.4 Å². The van der Waals surface area contributed by atoms with E-state index >= 15 is 0 Å². The number of aliphatic hydroxyl groups is 1. The molecular formula is C22H43NO4. The lowest BCUT2D eigenvalue weighted by molar-refractivity contribution is -0.215. The van der Waals surface area contributed by atoms with Crippen LogP contribution in [0.1, 0.15) is 104 Å². The Morgan fingerprint density at radius 1 is 0.926 bits per heavy atom. The van der Waals surface area contributed by atoms with E-state index in [-0.39, 0.29) is 5.91 Å². The Balaban J connectivity index is 2.04. The van der Waals surface area contributed by atoms with E-state index in [2.05, 4.69) is 19.2 Å². The monoisotopic (exact) mass is 385 g/mol. The minimum atomic E-state index is -0.594. The number of nitrogens with one attached hydrogen (secondary N) is 1. The van der Waals surface area contributed by atoms with Crippen LogP contribution in [0, 0.1) is 0 Å². The van der Waals surface area contributed by atoms with Crippen LogP contribution in [-0.2, 0) is 14.3 Å². The molecule has 0 spiro atoms. The summed E-state index contributed by atoms with van der Waals surface area (Å²) in [5.41, 5.74) is 0. The summed E-state index contributed by atoms with van der Waals surface area (Å²) in [6.45, 7) is 5.64. The highest BCUT2D eigenvalue weighted by atomic mass is 16.7. The number of rotatable bonds is 16. The van der Waals surface area contributed by atoms with Crippen molar-refractivity contribution in [3.63, 3.8) is 0 Å². The van der Waals surface area contributed by atoms with Crippen molar-refractivity contribution in [2.75, 3.05) is 13.2 Å². The Labute approximate surface area is 166 Å². The summed E-state index contributed by atoms with van der Waals surface area (Å²) in [5.74, 6) is -0.130. The topological polar surface area (TPSA) is 67.8 Å². The summed E-state index contributed by atoms with van der Waals surface area (Å²) < 4.78 is 11.5. The van der Waals surface area contributed by atoms with Crippen LogP contribution in [0.4, 0.5) is 0 Å². The summed E-state index contributed by atoms with van der Waals surface area (Å²) in [6, 6.07) is 0. The Morgan fingerprint density at radius 2 is 1.52 bits per heavy atom. The third kappa shape index (κ3) is 12.4. The zero-order valence-corrected chi connectivity index (χ0v) is 17.7. The number of unbranched alkanes of at least 4 members (excludes halogenated alkanes) is 10. The van der Waals surface area contributed by atoms with Gasteiger partial charge in [0.2, 0.25) is 5.91 Å². The Morgan fingerprint density at radius 3 is 2.15 bits per heavy atom. The molecule has 1 aliphatic heterocycles.